The number of benzene rings is 2. The van der Waals surface area contributed by atoms with Crippen molar-refractivity contribution >= 4 is 39.6 Å². The van der Waals surface area contributed by atoms with E-state index in [1.54, 1.807) is 29.4 Å². The molecular formula is C25H27ClN4O2S. The van der Waals surface area contributed by atoms with Crippen molar-refractivity contribution in [1.82, 2.24) is 14.3 Å². The lowest BCUT2D eigenvalue weighted by Crippen LogP contribution is -2.38. The molecule has 0 aliphatic heterocycles. The van der Waals surface area contributed by atoms with E-state index >= 15 is 0 Å². The molecule has 8 heteroatoms. The first-order valence-electron chi connectivity index (χ1n) is 10.8. The quantitative estimate of drug-likeness (QED) is 0.332. The zero-order valence-corrected chi connectivity index (χ0v) is 20.5. The Balaban J connectivity index is 1.47. The van der Waals surface area contributed by atoms with Gasteiger partial charge >= 0.3 is 6.03 Å². The summed E-state index contributed by atoms with van der Waals surface area (Å²) in [7, 11) is 1.64. The number of urea groups is 1. The van der Waals surface area contributed by atoms with Crippen LogP contribution in [0.3, 0.4) is 0 Å². The number of carbonyl (C=O) groups excluding carboxylic acids is 1. The molecule has 2 aromatic carbocycles. The predicted octanol–water partition coefficient (Wildman–Crippen LogP) is 6.06. The number of fused-ring (bicyclic) bond motifs is 1. The van der Waals surface area contributed by atoms with E-state index in [1.165, 1.54) is 5.56 Å². The molecule has 2 aromatic heterocycles. The van der Waals surface area contributed by atoms with Gasteiger partial charge in [-0.15, -0.1) is 11.3 Å². The fourth-order valence-electron chi connectivity index (χ4n) is 3.51. The van der Waals surface area contributed by atoms with Gasteiger partial charge in [-0.2, -0.15) is 0 Å². The molecule has 0 saturated heterocycles. The Morgan fingerprint density at radius 2 is 1.97 bits per heavy atom. The Hall–Kier alpha value is -2.87. The maximum absolute atomic E-state index is 13.0. The number of nitrogens with zero attached hydrogens (tertiary/aromatic N) is 3. The second kappa shape index (κ2) is 10.4. The third-order valence-corrected chi connectivity index (χ3v) is 6.84. The van der Waals surface area contributed by atoms with Gasteiger partial charge in [0.1, 0.15) is 0 Å². The van der Waals surface area contributed by atoms with Gasteiger partial charge in [0.15, 0.2) is 4.96 Å². The smallest absolute Gasteiger partial charge is 0.321 e. The zero-order chi connectivity index (χ0) is 23.4. The first kappa shape index (κ1) is 23.3. The van der Waals surface area contributed by atoms with Crippen LogP contribution >= 0.6 is 22.9 Å². The number of anilines is 1. The van der Waals surface area contributed by atoms with Gasteiger partial charge in [0.25, 0.3) is 0 Å². The number of ether oxygens (including phenoxy) is 1. The minimum Gasteiger partial charge on any atom is -0.383 e. The molecule has 33 heavy (non-hydrogen) atoms. The topological polar surface area (TPSA) is 58.9 Å². The van der Waals surface area contributed by atoms with Crippen molar-refractivity contribution in [2.75, 3.05) is 32.1 Å². The number of aromatic nitrogens is 2. The van der Waals surface area contributed by atoms with Crippen LogP contribution in [0.25, 0.3) is 16.2 Å². The van der Waals surface area contributed by atoms with Crippen LogP contribution in [0.1, 0.15) is 16.8 Å². The first-order chi connectivity index (χ1) is 15.9. The molecule has 4 aromatic rings. The molecule has 0 saturated carbocycles. The Labute approximate surface area is 202 Å². The van der Waals surface area contributed by atoms with E-state index in [2.05, 4.69) is 52.5 Å². The molecule has 4 rings (SSSR count). The van der Waals surface area contributed by atoms with E-state index in [0.717, 1.165) is 27.5 Å². The number of carbonyl (C=O) groups is 1. The molecule has 0 unspecified atom stereocenters. The van der Waals surface area contributed by atoms with Gasteiger partial charge in [0, 0.05) is 60.2 Å². The van der Waals surface area contributed by atoms with E-state index in [4.69, 9.17) is 21.3 Å². The van der Waals surface area contributed by atoms with Crippen molar-refractivity contribution < 1.29 is 9.53 Å². The molecular weight excluding hydrogens is 456 g/mol. The minimum atomic E-state index is -0.176. The molecule has 0 spiro atoms. The number of rotatable bonds is 8. The lowest BCUT2D eigenvalue weighted by atomic mass is 10.1. The Morgan fingerprint density at radius 3 is 2.70 bits per heavy atom. The van der Waals surface area contributed by atoms with E-state index in [9.17, 15) is 4.79 Å². The molecule has 0 aliphatic rings. The van der Waals surface area contributed by atoms with Crippen LogP contribution in [-0.4, -0.2) is 47.1 Å². The number of imidazole rings is 1. The lowest BCUT2D eigenvalue weighted by molar-refractivity contribution is 0.155. The Morgan fingerprint density at radius 1 is 1.18 bits per heavy atom. The average Bonchev–Trinajstić information content (AvgIpc) is 3.38. The normalized spacial score (nSPS) is 11.2. The number of thiazole rings is 1. The predicted molar refractivity (Wildman–Crippen MR) is 136 cm³/mol. The van der Waals surface area contributed by atoms with Crippen LogP contribution in [0.2, 0.25) is 5.02 Å². The van der Waals surface area contributed by atoms with E-state index in [-0.39, 0.29) is 6.03 Å². The maximum atomic E-state index is 13.0. The molecule has 0 atom stereocenters. The average molecular weight is 483 g/mol. The summed E-state index contributed by atoms with van der Waals surface area (Å²) in [6.45, 7) is 5.52. The van der Waals surface area contributed by atoms with Crippen molar-refractivity contribution in [3.63, 3.8) is 0 Å². The van der Waals surface area contributed by atoms with E-state index in [1.807, 2.05) is 19.1 Å². The van der Waals surface area contributed by atoms with Crippen LogP contribution < -0.4 is 5.32 Å². The Kier molecular flexibility index (Phi) is 7.33. The number of aryl methyl sites for hydroxylation is 2. The molecule has 2 amide bonds. The Bertz CT molecular complexity index is 1250. The van der Waals surface area contributed by atoms with Crippen molar-refractivity contribution in [3.8, 4) is 11.3 Å². The molecule has 0 aliphatic carbocycles. The summed E-state index contributed by atoms with van der Waals surface area (Å²) >= 11 is 7.82. The molecule has 0 bridgehead atoms. The summed E-state index contributed by atoms with van der Waals surface area (Å²) in [5, 5.41) is 5.68. The van der Waals surface area contributed by atoms with Gasteiger partial charge in [-0.1, -0.05) is 47.5 Å². The number of halogens is 1. The highest BCUT2D eigenvalue weighted by Gasteiger charge is 2.16. The number of methoxy groups -OCH3 is 1. The number of hydrogen-bond donors (Lipinski definition) is 1. The summed E-state index contributed by atoms with van der Waals surface area (Å²) < 4.78 is 7.34. The zero-order valence-electron chi connectivity index (χ0n) is 19.0. The largest absolute Gasteiger partial charge is 0.383 e. The highest BCUT2D eigenvalue weighted by Crippen LogP contribution is 2.25. The highest BCUT2D eigenvalue weighted by atomic mass is 35.5. The van der Waals surface area contributed by atoms with Gasteiger partial charge in [0.05, 0.1) is 12.3 Å². The summed E-state index contributed by atoms with van der Waals surface area (Å²) in [6.07, 6.45) is 2.77. The second-order valence-electron chi connectivity index (χ2n) is 8.00. The monoisotopic (exact) mass is 482 g/mol. The third kappa shape index (κ3) is 5.55. The van der Waals surface area contributed by atoms with Gasteiger partial charge in [-0.3, -0.25) is 4.40 Å². The van der Waals surface area contributed by atoms with Gasteiger partial charge in [-0.05, 0) is 31.5 Å². The van der Waals surface area contributed by atoms with Crippen LogP contribution in [0.4, 0.5) is 10.5 Å². The molecule has 0 radical (unpaired) electrons. The fraction of sp³-hybridized carbons (Fsp3) is 0.280. The summed E-state index contributed by atoms with van der Waals surface area (Å²) in [6, 6.07) is 13.7. The lowest BCUT2D eigenvalue weighted by Gasteiger charge is -2.23. The van der Waals surface area contributed by atoms with Crippen LogP contribution in [0, 0.1) is 13.8 Å². The van der Waals surface area contributed by atoms with Crippen LogP contribution in [0.5, 0.6) is 0 Å². The standard InChI is InChI=1S/C25H27ClN4O2S/c1-17-4-7-19(8-5-17)23-15-30-21(16-33-25(30)28-23)10-11-29(12-13-32-3)24(31)27-20-9-6-18(2)22(26)14-20/h4-9,14-16H,10-13H2,1-3H3,(H,27,31). The fourth-order valence-corrected chi connectivity index (χ4v) is 4.60. The van der Waals surface area contributed by atoms with Crippen LogP contribution in [-0.2, 0) is 11.2 Å². The van der Waals surface area contributed by atoms with Gasteiger partial charge in [-0.25, -0.2) is 9.78 Å². The highest BCUT2D eigenvalue weighted by molar-refractivity contribution is 7.15. The first-order valence-corrected chi connectivity index (χ1v) is 12.0. The molecule has 0 fully saturated rings. The van der Waals surface area contributed by atoms with Crippen molar-refractivity contribution in [2.24, 2.45) is 0 Å². The molecule has 172 valence electrons. The van der Waals surface area contributed by atoms with Crippen molar-refractivity contribution in [3.05, 3.63) is 75.9 Å². The number of amides is 2. The van der Waals surface area contributed by atoms with E-state index in [0.29, 0.717) is 36.8 Å². The van der Waals surface area contributed by atoms with Gasteiger partial charge < -0.3 is 15.0 Å². The SMILES string of the molecule is COCCN(CCc1csc2nc(-c3ccc(C)cc3)cn12)C(=O)Nc1ccc(C)c(Cl)c1. The maximum Gasteiger partial charge on any atom is 0.321 e. The summed E-state index contributed by atoms with van der Waals surface area (Å²) in [4.78, 5) is 20.4. The molecule has 2 heterocycles. The summed E-state index contributed by atoms with van der Waals surface area (Å²) in [5.41, 5.74) is 6.04. The van der Waals surface area contributed by atoms with Crippen molar-refractivity contribution in [2.45, 2.75) is 20.3 Å². The minimum absolute atomic E-state index is 0.176. The second-order valence-corrected chi connectivity index (χ2v) is 9.24. The van der Waals surface area contributed by atoms with Crippen molar-refractivity contribution in [1.29, 1.82) is 0 Å². The van der Waals surface area contributed by atoms with Gasteiger partial charge in [0.2, 0.25) is 0 Å². The number of hydrogen-bond acceptors (Lipinski definition) is 4. The molecule has 6 nitrogen and oxygen atoms in total. The number of nitrogens with one attached hydrogen (secondary N) is 1. The van der Waals surface area contributed by atoms with Crippen LogP contribution in [0.15, 0.2) is 54.0 Å². The molecule has 1 N–H and O–H groups in total. The third-order valence-electron chi connectivity index (χ3n) is 5.54. The van der Waals surface area contributed by atoms with E-state index < -0.39 is 0 Å². The summed E-state index contributed by atoms with van der Waals surface area (Å²) in [5.74, 6) is 0.